The van der Waals surface area contributed by atoms with Gasteiger partial charge in [-0.3, -0.25) is 9.59 Å². The summed E-state index contributed by atoms with van der Waals surface area (Å²) < 4.78 is 33.0. The number of aliphatic carboxylic acids is 1. The Morgan fingerprint density at radius 2 is 1.94 bits per heavy atom. The minimum absolute atomic E-state index is 0.338. The molecule has 0 rings (SSSR count). The van der Waals surface area contributed by atoms with Crippen molar-refractivity contribution in [1.82, 2.24) is 4.72 Å². The van der Waals surface area contributed by atoms with Crippen LogP contribution in [0.25, 0.3) is 0 Å². The molecule has 0 aromatic heterocycles. The number of hydrogen-bond donors (Lipinski definition) is 2. The third-order valence-corrected chi connectivity index (χ3v) is 2.75. The zero-order chi connectivity index (χ0) is 12.8. The largest absolute Gasteiger partial charge is 0.480 e. The SMILES string of the molecule is COCC(NS(=O)(=O)CC(=O)OC)C(=O)O. The van der Waals surface area contributed by atoms with Gasteiger partial charge in [0.15, 0.2) is 5.75 Å². The van der Waals surface area contributed by atoms with E-state index in [1.807, 2.05) is 0 Å². The molecule has 94 valence electrons. The number of sulfonamides is 1. The summed E-state index contributed by atoms with van der Waals surface area (Å²) in [4.78, 5) is 21.3. The van der Waals surface area contributed by atoms with Gasteiger partial charge in [0.25, 0.3) is 0 Å². The lowest BCUT2D eigenvalue weighted by Crippen LogP contribution is -2.45. The summed E-state index contributed by atoms with van der Waals surface area (Å²) in [6.45, 7) is -0.338. The summed E-state index contributed by atoms with van der Waals surface area (Å²) in [5.41, 5.74) is 0. The second-order valence-corrected chi connectivity index (χ2v) is 4.55. The summed E-state index contributed by atoms with van der Waals surface area (Å²) in [7, 11) is -1.79. The molecule has 0 amide bonds. The Bertz CT molecular complexity index is 350. The Morgan fingerprint density at radius 1 is 1.38 bits per heavy atom. The molecule has 16 heavy (non-hydrogen) atoms. The topological polar surface area (TPSA) is 119 Å². The lowest BCUT2D eigenvalue weighted by atomic mass is 10.3. The van der Waals surface area contributed by atoms with Gasteiger partial charge in [-0.1, -0.05) is 0 Å². The quantitative estimate of drug-likeness (QED) is 0.514. The van der Waals surface area contributed by atoms with Gasteiger partial charge in [0, 0.05) is 7.11 Å². The van der Waals surface area contributed by atoms with Gasteiger partial charge in [-0.05, 0) is 0 Å². The normalized spacial score (nSPS) is 13.1. The third-order valence-electron chi connectivity index (χ3n) is 1.49. The monoisotopic (exact) mass is 255 g/mol. The van der Waals surface area contributed by atoms with Crippen molar-refractivity contribution in [3.05, 3.63) is 0 Å². The molecule has 0 radical (unpaired) electrons. The van der Waals surface area contributed by atoms with E-state index in [1.54, 1.807) is 4.72 Å². The predicted octanol–water partition coefficient (Wildman–Crippen LogP) is -1.82. The maximum absolute atomic E-state index is 11.3. The zero-order valence-corrected chi connectivity index (χ0v) is 9.61. The van der Waals surface area contributed by atoms with Crippen LogP contribution in [0.4, 0.5) is 0 Å². The second-order valence-electron chi connectivity index (χ2n) is 2.80. The van der Waals surface area contributed by atoms with Gasteiger partial charge in [-0.25, -0.2) is 8.42 Å². The van der Waals surface area contributed by atoms with E-state index in [4.69, 9.17) is 5.11 Å². The fraction of sp³-hybridized carbons (Fsp3) is 0.714. The van der Waals surface area contributed by atoms with Crippen molar-refractivity contribution in [3.8, 4) is 0 Å². The van der Waals surface area contributed by atoms with E-state index in [2.05, 4.69) is 9.47 Å². The predicted molar refractivity (Wildman–Crippen MR) is 52.2 cm³/mol. The highest BCUT2D eigenvalue weighted by Gasteiger charge is 2.26. The lowest BCUT2D eigenvalue weighted by molar-refractivity contribution is -0.140. The Morgan fingerprint density at radius 3 is 2.31 bits per heavy atom. The van der Waals surface area contributed by atoms with E-state index in [0.717, 1.165) is 7.11 Å². The number of carboxylic acids is 1. The number of ether oxygens (including phenoxy) is 2. The molecular weight excluding hydrogens is 242 g/mol. The molecule has 2 N–H and O–H groups in total. The fourth-order valence-electron chi connectivity index (χ4n) is 0.795. The van der Waals surface area contributed by atoms with Gasteiger partial charge < -0.3 is 14.6 Å². The Kier molecular flexibility index (Phi) is 5.93. The Balaban J connectivity index is 4.54. The van der Waals surface area contributed by atoms with Gasteiger partial charge in [0.05, 0.1) is 13.7 Å². The molecule has 0 heterocycles. The van der Waals surface area contributed by atoms with Crippen LogP contribution in [0.15, 0.2) is 0 Å². The van der Waals surface area contributed by atoms with Crippen molar-refractivity contribution in [2.75, 3.05) is 26.6 Å². The van der Waals surface area contributed by atoms with E-state index < -0.39 is 33.8 Å². The van der Waals surface area contributed by atoms with Gasteiger partial charge >= 0.3 is 11.9 Å². The van der Waals surface area contributed by atoms with Crippen LogP contribution in [0, 0.1) is 0 Å². The summed E-state index contributed by atoms with van der Waals surface area (Å²) in [6.07, 6.45) is 0. The van der Waals surface area contributed by atoms with Crippen molar-refractivity contribution < 1.29 is 32.6 Å². The molecule has 0 saturated carbocycles. The molecule has 0 aliphatic carbocycles. The summed E-state index contributed by atoms with van der Waals surface area (Å²) in [5, 5.41) is 8.64. The van der Waals surface area contributed by atoms with Crippen LogP contribution in [0.5, 0.6) is 0 Å². The number of hydrogen-bond acceptors (Lipinski definition) is 6. The van der Waals surface area contributed by atoms with Gasteiger partial charge in [-0.2, -0.15) is 4.72 Å². The maximum atomic E-state index is 11.3. The molecule has 0 fully saturated rings. The molecule has 8 nitrogen and oxygen atoms in total. The van der Waals surface area contributed by atoms with E-state index in [0.29, 0.717) is 0 Å². The summed E-state index contributed by atoms with van der Waals surface area (Å²) >= 11 is 0. The zero-order valence-electron chi connectivity index (χ0n) is 8.80. The van der Waals surface area contributed by atoms with E-state index in [1.165, 1.54) is 7.11 Å². The standard InChI is InChI=1S/C7H13NO7S/c1-14-3-5(7(10)11)8-16(12,13)4-6(9)15-2/h5,8H,3-4H2,1-2H3,(H,10,11). The molecule has 0 aliphatic heterocycles. The number of rotatable bonds is 7. The summed E-state index contributed by atoms with van der Waals surface area (Å²) in [5.74, 6) is -3.30. The highest BCUT2D eigenvalue weighted by molar-refractivity contribution is 7.90. The van der Waals surface area contributed by atoms with Gasteiger partial charge in [-0.15, -0.1) is 0 Å². The molecular formula is C7H13NO7S. The lowest BCUT2D eigenvalue weighted by Gasteiger charge is -2.12. The fourth-order valence-corrected chi connectivity index (χ4v) is 1.91. The van der Waals surface area contributed by atoms with Crippen molar-refractivity contribution in [2.24, 2.45) is 0 Å². The number of carboxylic acid groups (broad SMARTS) is 1. The van der Waals surface area contributed by atoms with Crippen LogP contribution in [0.3, 0.4) is 0 Å². The Labute approximate surface area is 92.6 Å². The third kappa shape index (κ3) is 5.63. The highest BCUT2D eigenvalue weighted by atomic mass is 32.2. The van der Waals surface area contributed by atoms with E-state index >= 15 is 0 Å². The average molecular weight is 255 g/mol. The average Bonchev–Trinajstić information content (AvgIpc) is 2.15. The van der Waals surface area contributed by atoms with Crippen LogP contribution in [-0.2, 0) is 29.1 Å². The first-order valence-corrected chi connectivity index (χ1v) is 5.76. The van der Waals surface area contributed by atoms with E-state index in [-0.39, 0.29) is 6.61 Å². The van der Waals surface area contributed by atoms with Crippen LogP contribution < -0.4 is 4.72 Å². The molecule has 0 saturated heterocycles. The minimum atomic E-state index is -4.04. The number of nitrogens with one attached hydrogen (secondary N) is 1. The number of esters is 1. The smallest absolute Gasteiger partial charge is 0.324 e. The molecule has 0 aliphatic rings. The second kappa shape index (κ2) is 6.40. The van der Waals surface area contributed by atoms with Crippen molar-refractivity contribution >= 4 is 22.0 Å². The first kappa shape index (κ1) is 14.8. The van der Waals surface area contributed by atoms with Crippen LogP contribution in [0.1, 0.15) is 0 Å². The van der Waals surface area contributed by atoms with Gasteiger partial charge in [0.1, 0.15) is 6.04 Å². The summed E-state index contributed by atoms with van der Waals surface area (Å²) in [6, 6.07) is -1.43. The van der Waals surface area contributed by atoms with Crippen molar-refractivity contribution in [1.29, 1.82) is 0 Å². The minimum Gasteiger partial charge on any atom is -0.480 e. The molecule has 0 aromatic rings. The molecule has 0 spiro atoms. The first-order chi connectivity index (χ1) is 7.32. The van der Waals surface area contributed by atoms with Crippen molar-refractivity contribution in [3.63, 3.8) is 0 Å². The molecule has 0 aromatic carbocycles. The van der Waals surface area contributed by atoms with Crippen molar-refractivity contribution in [2.45, 2.75) is 6.04 Å². The number of carbonyl (C=O) groups is 2. The molecule has 9 heteroatoms. The van der Waals surface area contributed by atoms with Crippen LogP contribution in [0.2, 0.25) is 0 Å². The first-order valence-electron chi connectivity index (χ1n) is 4.11. The van der Waals surface area contributed by atoms with E-state index in [9.17, 15) is 18.0 Å². The van der Waals surface area contributed by atoms with Crippen LogP contribution >= 0.6 is 0 Å². The van der Waals surface area contributed by atoms with Gasteiger partial charge in [0.2, 0.25) is 10.0 Å². The molecule has 0 bridgehead atoms. The number of methoxy groups -OCH3 is 2. The highest BCUT2D eigenvalue weighted by Crippen LogP contribution is 1.93. The Hall–Kier alpha value is -1.19. The van der Waals surface area contributed by atoms with Crippen LogP contribution in [-0.4, -0.2) is 58.1 Å². The molecule has 1 unspecified atom stereocenters. The maximum Gasteiger partial charge on any atom is 0.324 e. The number of carbonyl (C=O) groups excluding carboxylic acids is 1. The molecule has 1 atom stereocenters.